The van der Waals surface area contributed by atoms with Crippen LogP contribution in [0.4, 0.5) is 24.7 Å². The molecule has 0 bridgehead atoms. The number of nitriles is 1. The van der Waals surface area contributed by atoms with Gasteiger partial charge in [-0.15, -0.1) is 0 Å². The maximum absolute atomic E-state index is 13.2. The number of alkyl halides is 3. The number of aromatic nitrogens is 2. The van der Waals surface area contributed by atoms with Crippen LogP contribution in [-0.2, 0) is 6.18 Å². The second-order valence-electron chi connectivity index (χ2n) is 6.26. The number of halogens is 3. The van der Waals surface area contributed by atoms with Crippen molar-refractivity contribution >= 4 is 11.5 Å². The lowest BCUT2D eigenvalue weighted by atomic mass is 10.0. The van der Waals surface area contributed by atoms with E-state index in [-0.39, 0.29) is 11.6 Å². The number of rotatable bonds is 3. The number of benzene rings is 1. The Morgan fingerprint density at radius 3 is 2.77 bits per heavy atom. The zero-order valence-electron chi connectivity index (χ0n) is 14.2. The van der Waals surface area contributed by atoms with Gasteiger partial charge in [0.15, 0.2) is 0 Å². The molecule has 136 valence electrons. The number of piperidine rings is 1. The molecule has 8 heteroatoms. The van der Waals surface area contributed by atoms with Crippen LogP contribution in [0.25, 0.3) is 0 Å². The molecular weight excluding hydrogens is 343 g/mol. The van der Waals surface area contributed by atoms with Crippen molar-refractivity contribution < 1.29 is 13.2 Å². The summed E-state index contributed by atoms with van der Waals surface area (Å²) in [5.74, 6) is 0.780. The average molecular weight is 361 g/mol. The summed E-state index contributed by atoms with van der Waals surface area (Å²) in [6.45, 7) is 1.26. The summed E-state index contributed by atoms with van der Waals surface area (Å²) in [5, 5.41) is 8.94. The number of hydrogen-bond donors (Lipinski definition) is 0. The summed E-state index contributed by atoms with van der Waals surface area (Å²) in [7, 11) is 1.93. The van der Waals surface area contributed by atoms with Gasteiger partial charge in [-0.3, -0.25) is 0 Å². The standard InChI is InChI=1S/C18H18F3N5/c1-25(17-6-7-23-12-24-17)15-3-2-8-26(11-15)14-5-4-13(10-22)16(9-14)18(19,20)21/h4-7,9,12,15H,2-3,8,11H2,1H3. The average Bonchev–Trinajstić information content (AvgIpc) is 2.67. The van der Waals surface area contributed by atoms with Crippen LogP contribution >= 0.6 is 0 Å². The van der Waals surface area contributed by atoms with Gasteiger partial charge in [-0.1, -0.05) is 0 Å². The number of likely N-dealkylation sites (N-methyl/N-ethyl adjacent to an activating group) is 1. The zero-order valence-corrected chi connectivity index (χ0v) is 14.2. The van der Waals surface area contributed by atoms with Crippen molar-refractivity contribution in [2.45, 2.75) is 25.1 Å². The first kappa shape index (κ1) is 18.0. The van der Waals surface area contributed by atoms with E-state index in [4.69, 9.17) is 5.26 Å². The number of hydrogen-bond acceptors (Lipinski definition) is 5. The molecule has 0 N–H and O–H groups in total. The van der Waals surface area contributed by atoms with Crippen LogP contribution in [0.3, 0.4) is 0 Å². The Hall–Kier alpha value is -2.82. The number of nitrogens with zero attached hydrogens (tertiary/aromatic N) is 5. The van der Waals surface area contributed by atoms with Gasteiger partial charge in [0.25, 0.3) is 0 Å². The van der Waals surface area contributed by atoms with Gasteiger partial charge < -0.3 is 9.80 Å². The summed E-state index contributed by atoms with van der Waals surface area (Å²) in [5.41, 5.74) is -0.756. The third-order valence-corrected chi connectivity index (χ3v) is 4.67. The third-order valence-electron chi connectivity index (χ3n) is 4.67. The van der Waals surface area contributed by atoms with E-state index in [2.05, 4.69) is 9.97 Å². The van der Waals surface area contributed by atoms with Crippen LogP contribution in [0.1, 0.15) is 24.0 Å². The first-order valence-electron chi connectivity index (χ1n) is 8.25. The molecule has 0 saturated carbocycles. The molecule has 0 amide bonds. The van der Waals surface area contributed by atoms with E-state index >= 15 is 0 Å². The van der Waals surface area contributed by atoms with Crippen LogP contribution in [0.2, 0.25) is 0 Å². The van der Waals surface area contributed by atoms with E-state index in [0.717, 1.165) is 24.7 Å². The van der Waals surface area contributed by atoms with E-state index in [0.29, 0.717) is 18.8 Å². The molecule has 0 radical (unpaired) electrons. The summed E-state index contributed by atoms with van der Waals surface area (Å²) in [4.78, 5) is 12.1. The highest BCUT2D eigenvalue weighted by atomic mass is 19.4. The smallest absolute Gasteiger partial charge is 0.369 e. The third kappa shape index (κ3) is 3.72. The molecular formula is C18H18F3N5. The van der Waals surface area contributed by atoms with Gasteiger partial charge >= 0.3 is 6.18 Å². The topological polar surface area (TPSA) is 56.1 Å². The molecule has 0 aliphatic carbocycles. The Balaban J connectivity index is 1.83. The fraction of sp³-hybridized carbons (Fsp3) is 0.389. The molecule has 1 fully saturated rings. The van der Waals surface area contributed by atoms with Crippen molar-refractivity contribution in [3.63, 3.8) is 0 Å². The Morgan fingerprint density at radius 2 is 2.12 bits per heavy atom. The summed E-state index contributed by atoms with van der Waals surface area (Å²) < 4.78 is 39.7. The lowest BCUT2D eigenvalue weighted by Gasteiger charge is -2.39. The lowest BCUT2D eigenvalue weighted by molar-refractivity contribution is -0.137. The van der Waals surface area contributed by atoms with Gasteiger partial charge in [0.05, 0.1) is 17.2 Å². The first-order chi connectivity index (χ1) is 12.4. The summed E-state index contributed by atoms with van der Waals surface area (Å²) in [6.07, 6.45) is 0.382. The van der Waals surface area contributed by atoms with Crippen molar-refractivity contribution in [2.24, 2.45) is 0 Å². The van der Waals surface area contributed by atoms with Crippen LogP contribution in [-0.4, -0.2) is 36.1 Å². The molecule has 1 aliphatic rings. The quantitative estimate of drug-likeness (QED) is 0.838. The molecule has 1 atom stereocenters. The van der Waals surface area contributed by atoms with Gasteiger partial charge in [0, 0.05) is 38.1 Å². The molecule has 2 aromatic rings. The molecule has 5 nitrogen and oxygen atoms in total. The monoisotopic (exact) mass is 361 g/mol. The Morgan fingerprint density at radius 1 is 1.31 bits per heavy atom. The molecule has 1 saturated heterocycles. The normalized spacial score (nSPS) is 17.7. The molecule has 0 spiro atoms. The van der Waals surface area contributed by atoms with E-state index in [1.54, 1.807) is 18.3 Å². The summed E-state index contributed by atoms with van der Waals surface area (Å²) >= 11 is 0. The number of anilines is 2. The highest BCUT2D eigenvalue weighted by Crippen LogP contribution is 2.35. The van der Waals surface area contributed by atoms with Gasteiger partial charge in [-0.05, 0) is 37.1 Å². The van der Waals surface area contributed by atoms with Gasteiger partial charge in [-0.2, -0.15) is 18.4 Å². The minimum Gasteiger partial charge on any atom is -0.369 e. The SMILES string of the molecule is CN(c1ccncn1)C1CCCN(c2ccc(C#N)c(C(F)(F)F)c2)C1. The van der Waals surface area contributed by atoms with E-state index < -0.39 is 11.7 Å². The van der Waals surface area contributed by atoms with E-state index in [9.17, 15) is 13.2 Å². The van der Waals surface area contributed by atoms with Crippen molar-refractivity contribution in [3.05, 3.63) is 47.9 Å². The lowest BCUT2D eigenvalue weighted by Crippen LogP contribution is -2.47. The second kappa shape index (κ2) is 7.20. The van der Waals surface area contributed by atoms with Gasteiger partial charge in [-0.25, -0.2) is 9.97 Å². The van der Waals surface area contributed by atoms with Crippen LogP contribution in [0.15, 0.2) is 36.8 Å². The van der Waals surface area contributed by atoms with Crippen molar-refractivity contribution in [2.75, 3.05) is 29.9 Å². The highest BCUT2D eigenvalue weighted by Gasteiger charge is 2.34. The molecule has 26 heavy (non-hydrogen) atoms. The fourth-order valence-electron chi connectivity index (χ4n) is 3.25. The predicted molar refractivity (Wildman–Crippen MR) is 91.8 cm³/mol. The highest BCUT2D eigenvalue weighted by molar-refractivity contribution is 5.55. The molecule has 2 heterocycles. The van der Waals surface area contributed by atoms with Crippen molar-refractivity contribution in [1.29, 1.82) is 5.26 Å². The minimum atomic E-state index is -4.55. The predicted octanol–water partition coefficient (Wildman–Crippen LogP) is 3.47. The van der Waals surface area contributed by atoms with Gasteiger partial charge in [0.2, 0.25) is 0 Å². The van der Waals surface area contributed by atoms with E-state index in [1.165, 1.54) is 12.4 Å². The first-order valence-corrected chi connectivity index (χ1v) is 8.25. The maximum Gasteiger partial charge on any atom is 0.417 e. The Bertz CT molecular complexity index is 801. The minimum absolute atomic E-state index is 0.128. The molecule has 1 aliphatic heterocycles. The molecule has 3 rings (SSSR count). The Kier molecular flexibility index (Phi) is 4.98. The van der Waals surface area contributed by atoms with Gasteiger partial charge in [0.1, 0.15) is 12.1 Å². The largest absolute Gasteiger partial charge is 0.417 e. The second-order valence-corrected chi connectivity index (χ2v) is 6.26. The van der Waals surface area contributed by atoms with Crippen molar-refractivity contribution in [3.8, 4) is 6.07 Å². The Labute approximate surface area is 149 Å². The maximum atomic E-state index is 13.2. The summed E-state index contributed by atoms with van der Waals surface area (Å²) in [6, 6.07) is 7.46. The molecule has 1 aromatic carbocycles. The zero-order chi connectivity index (χ0) is 18.7. The van der Waals surface area contributed by atoms with Crippen LogP contribution in [0, 0.1) is 11.3 Å². The van der Waals surface area contributed by atoms with Crippen molar-refractivity contribution in [1.82, 2.24) is 9.97 Å². The molecule has 1 aromatic heterocycles. The van der Waals surface area contributed by atoms with Crippen LogP contribution in [0.5, 0.6) is 0 Å². The van der Waals surface area contributed by atoms with Crippen LogP contribution < -0.4 is 9.80 Å². The van der Waals surface area contributed by atoms with E-state index in [1.807, 2.05) is 22.9 Å². The molecule has 1 unspecified atom stereocenters. The fourth-order valence-corrected chi connectivity index (χ4v) is 3.25.